The Hall–Kier alpha value is -4.11. The second kappa shape index (κ2) is 8.28. The molecule has 0 radical (unpaired) electrons. The molecule has 2 heterocycles. The van der Waals surface area contributed by atoms with Crippen molar-refractivity contribution in [1.29, 1.82) is 5.26 Å². The van der Waals surface area contributed by atoms with Crippen LogP contribution >= 0.6 is 0 Å². The molecule has 0 saturated heterocycles. The van der Waals surface area contributed by atoms with E-state index < -0.39 is 0 Å². The summed E-state index contributed by atoms with van der Waals surface area (Å²) in [7, 11) is 0. The molecule has 0 atom stereocenters. The largest absolute Gasteiger partial charge is 0.361 e. The van der Waals surface area contributed by atoms with Crippen molar-refractivity contribution in [3.8, 4) is 6.07 Å². The molecule has 0 aliphatic heterocycles. The minimum Gasteiger partial charge on any atom is -0.361 e. The number of nitrogens with zero attached hydrogens (tertiary/aromatic N) is 2. The highest BCUT2D eigenvalue weighted by atomic mass is 16.1. The van der Waals surface area contributed by atoms with Gasteiger partial charge < -0.3 is 15.6 Å². The van der Waals surface area contributed by atoms with Crippen molar-refractivity contribution < 1.29 is 4.79 Å². The zero-order chi connectivity index (χ0) is 20.1. The Morgan fingerprint density at radius 2 is 1.97 bits per heavy atom. The number of benzene rings is 2. The Morgan fingerprint density at radius 3 is 2.79 bits per heavy atom. The highest BCUT2D eigenvalue weighted by Crippen LogP contribution is 2.18. The molecule has 1 amide bonds. The Bertz CT molecular complexity index is 1190. The molecule has 0 fully saturated rings. The number of amides is 1. The van der Waals surface area contributed by atoms with E-state index in [9.17, 15) is 4.79 Å². The molecule has 0 saturated carbocycles. The predicted octanol–water partition coefficient (Wildman–Crippen LogP) is 4.15. The van der Waals surface area contributed by atoms with Crippen molar-refractivity contribution in [2.24, 2.45) is 0 Å². The molecule has 6 nitrogen and oxygen atoms in total. The number of aromatic nitrogens is 2. The van der Waals surface area contributed by atoms with Gasteiger partial charge in [0.1, 0.15) is 5.69 Å². The van der Waals surface area contributed by atoms with Gasteiger partial charge in [-0.1, -0.05) is 24.3 Å². The number of pyridine rings is 1. The number of H-pyrrole nitrogens is 1. The Morgan fingerprint density at radius 1 is 1.07 bits per heavy atom. The zero-order valence-corrected chi connectivity index (χ0v) is 15.6. The van der Waals surface area contributed by atoms with E-state index in [4.69, 9.17) is 5.26 Å². The number of carbonyl (C=O) groups excluding carboxylic acids is 1. The van der Waals surface area contributed by atoms with E-state index in [2.05, 4.69) is 32.7 Å². The maximum Gasteiger partial charge on any atom is 0.269 e. The number of aromatic amines is 1. The van der Waals surface area contributed by atoms with Crippen LogP contribution in [0.2, 0.25) is 0 Å². The summed E-state index contributed by atoms with van der Waals surface area (Å²) in [5.74, 6) is -0.206. The third kappa shape index (κ3) is 4.25. The lowest BCUT2D eigenvalue weighted by molar-refractivity contribution is 0.0949. The third-order valence-electron chi connectivity index (χ3n) is 4.63. The lowest BCUT2D eigenvalue weighted by Crippen LogP contribution is -2.26. The van der Waals surface area contributed by atoms with Gasteiger partial charge >= 0.3 is 0 Å². The van der Waals surface area contributed by atoms with Crippen LogP contribution in [-0.2, 0) is 6.42 Å². The third-order valence-corrected chi connectivity index (χ3v) is 4.63. The summed E-state index contributed by atoms with van der Waals surface area (Å²) in [6.07, 6.45) is 4.33. The number of nitriles is 1. The van der Waals surface area contributed by atoms with Crippen LogP contribution in [0.15, 0.2) is 73.1 Å². The molecule has 6 heteroatoms. The number of hydrogen-bond acceptors (Lipinski definition) is 4. The van der Waals surface area contributed by atoms with Gasteiger partial charge in [-0.2, -0.15) is 5.26 Å². The number of carbonyl (C=O) groups is 1. The van der Waals surface area contributed by atoms with Crippen LogP contribution in [-0.4, -0.2) is 22.4 Å². The van der Waals surface area contributed by atoms with E-state index in [1.807, 2.05) is 36.5 Å². The molecule has 0 bridgehead atoms. The monoisotopic (exact) mass is 381 g/mol. The maximum atomic E-state index is 12.4. The first kappa shape index (κ1) is 18.3. The Balaban J connectivity index is 1.33. The average molecular weight is 381 g/mol. The van der Waals surface area contributed by atoms with Crippen LogP contribution in [0.1, 0.15) is 21.6 Å². The molecule has 0 aliphatic carbocycles. The van der Waals surface area contributed by atoms with Crippen molar-refractivity contribution in [3.05, 3.63) is 89.9 Å². The van der Waals surface area contributed by atoms with Crippen molar-refractivity contribution in [1.82, 2.24) is 15.3 Å². The molecule has 142 valence electrons. The van der Waals surface area contributed by atoms with Gasteiger partial charge in [0.25, 0.3) is 5.91 Å². The first-order chi connectivity index (χ1) is 14.2. The number of anilines is 2. The first-order valence-electron chi connectivity index (χ1n) is 9.29. The normalized spacial score (nSPS) is 10.4. The van der Waals surface area contributed by atoms with Crippen LogP contribution in [0.25, 0.3) is 10.9 Å². The first-order valence-corrected chi connectivity index (χ1v) is 9.29. The topological polar surface area (TPSA) is 93.6 Å². The van der Waals surface area contributed by atoms with Gasteiger partial charge in [-0.05, 0) is 48.4 Å². The summed E-state index contributed by atoms with van der Waals surface area (Å²) in [5, 5.41) is 16.2. The number of nitrogens with one attached hydrogen (secondary N) is 3. The van der Waals surface area contributed by atoms with Crippen molar-refractivity contribution in [3.63, 3.8) is 0 Å². The fourth-order valence-electron chi connectivity index (χ4n) is 3.17. The van der Waals surface area contributed by atoms with Crippen LogP contribution in [0.3, 0.4) is 0 Å². The van der Waals surface area contributed by atoms with Gasteiger partial charge in [0.15, 0.2) is 0 Å². The van der Waals surface area contributed by atoms with E-state index in [0.717, 1.165) is 23.3 Å². The molecule has 0 spiro atoms. The number of fused-ring (bicyclic) bond motifs is 1. The molecule has 2 aromatic heterocycles. The number of para-hydroxylation sites is 1. The summed E-state index contributed by atoms with van der Waals surface area (Å²) in [5.41, 5.74) is 4.75. The SMILES string of the molecule is N#Cc1cccc(Nc2ccc(C(=O)NCCc3c[nH]c4ccccc34)nc2)c1. The average Bonchev–Trinajstić information content (AvgIpc) is 3.17. The fraction of sp³-hybridized carbons (Fsp3) is 0.0870. The Kier molecular flexibility index (Phi) is 5.21. The van der Waals surface area contributed by atoms with Gasteiger partial charge in [-0.15, -0.1) is 0 Å². The van der Waals surface area contributed by atoms with Crippen molar-refractivity contribution in [2.75, 3.05) is 11.9 Å². The second-order valence-corrected chi connectivity index (χ2v) is 6.62. The van der Waals surface area contributed by atoms with Crippen LogP contribution in [0, 0.1) is 11.3 Å². The van der Waals surface area contributed by atoms with Crippen molar-refractivity contribution >= 4 is 28.2 Å². The molecular weight excluding hydrogens is 362 g/mol. The second-order valence-electron chi connectivity index (χ2n) is 6.62. The molecule has 29 heavy (non-hydrogen) atoms. The number of hydrogen-bond donors (Lipinski definition) is 3. The fourth-order valence-corrected chi connectivity index (χ4v) is 3.17. The van der Waals surface area contributed by atoms with E-state index in [0.29, 0.717) is 17.8 Å². The van der Waals surface area contributed by atoms with Gasteiger partial charge in [0.05, 0.1) is 23.5 Å². The zero-order valence-electron chi connectivity index (χ0n) is 15.6. The summed E-state index contributed by atoms with van der Waals surface area (Å²) in [4.78, 5) is 19.8. The van der Waals surface area contributed by atoms with Gasteiger partial charge in [0, 0.05) is 29.3 Å². The summed E-state index contributed by atoms with van der Waals surface area (Å²) in [6.45, 7) is 0.531. The van der Waals surface area contributed by atoms with Gasteiger partial charge in [0.2, 0.25) is 0 Å². The van der Waals surface area contributed by atoms with Crippen LogP contribution in [0.5, 0.6) is 0 Å². The minimum atomic E-state index is -0.206. The van der Waals surface area contributed by atoms with E-state index in [1.165, 1.54) is 10.9 Å². The van der Waals surface area contributed by atoms with Crippen LogP contribution in [0.4, 0.5) is 11.4 Å². The lowest BCUT2D eigenvalue weighted by atomic mass is 10.1. The highest BCUT2D eigenvalue weighted by Gasteiger charge is 2.08. The smallest absolute Gasteiger partial charge is 0.269 e. The molecular formula is C23H19N5O. The molecule has 4 rings (SSSR count). The Labute approximate surface area is 168 Å². The van der Waals surface area contributed by atoms with E-state index in [1.54, 1.807) is 30.5 Å². The number of rotatable bonds is 6. The quantitative estimate of drug-likeness (QED) is 0.468. The van der Waals surface area contributed by atoms with E-state index >= 15 is 0 Å². The molecule has 2 aromatic carbocycles. The summed E-state index contributed by atoms with van der Waals surface area (Å²) in [6, 6.07) is 20.9. The molecule has 3 N–H and O–H groups in total. The van der Waals surface area contributed by atoms with Crippen LogP contribution < -0.4 is 10.6 Å². The highest BCUT2D eigenvalue weighted by molar-refractivity contribution is 5.92. The van der Waals surface area contributed by atoms with Gasteiger partial charge in [-0.3, -0.25) is 4.79 Å². The minimum absolute atomic E-state index is 0.206. The molecule has 0 unspecified atom stereocenters. The lowest BCUT2D eigenvalue weighted by Gasteiger charge is -2.08. The molecule has 0 aliphatic rings. The summed E-state index contributed by atoms with van der Waals surface area (Å²) >= 11 is 0. The standard InChI is InChI=1S/C23H19N5O/c24-13-16-4-3-5-18(12-16)28-19-8-9-22(27-15-19)23(29)25-11-10-17-14-26-21-7-2-1-6-20(17)21/h1-9,12,14-15,26,28H,10-11H2,(H,25,29). The van der Waals surface area contributed by atoms with Crippen molar-refractivity contribution in [2.45, 2.75) is 6.42 Å². The van der Waals surface area contributed by atoms with E-state index in [-0.39, 0.29) is 5.91 Å². The molecule has 4 aromatic rings. The summed E-state index contributed by atoms with van der Waals surface area (Å²) < 4.78 is 0. The maximum absolute atomic E-state index is 12.4. The predicted molar refractivity (Wildman–Crippen MR) is 113 cm³/mol. The van der Waals surface area contributed by atoms with Gasteiger partial charge in [-0.25, -0.2) is 4.98 Å².